The molecule has 8 nitrogen and oxygen atoms in total. The first-order valence-corrected chi connectivity index (χ1v) is 19.0. The normalized spacial score (nSPS) is 23.8. The molecular weight excluding hydrogens is 658 g/mol. The molecule has 272 valence electrons. The molecule has 5 heterocycles. The van der Waals surface area contributed by atoms with Gasteiger partial charge in [0.1, 0.15) is 22.9 Å². The Hall–Kier alpha value is -4.04. The Morgan fingerprint density at radius 1 is 1.04 bits per heavy atom. The minimum Gasteiger partial charge on any atom is -0.508 e. The predicted octanol–water partition coefficient (Wildman–Crippen LogP) is 6.67. The summed E-state index contributed by atoms with van der Waals surface area (Å²) in [5.74, 6) is 1.85. The van der Waals surface area contributed by atoms with E-state index in [2.05, 4.69) is 33.0 Å². The average Bonchev–Trinajstić information content (AvgIpc) is 3.80. The van der Waals surface area contributed by atoms with Crippen LogP contribution in [0.4, 0.5) is 14.6 Å². The van der Waals surface area contributed by atoms with Crippen molar-refractivity contribution in [2.24, 2.45) is 10.8 Å². The van der Waals surface area contributed by atoms with Gasteiger partial charge in [-0.15, -0.1) is 6.42 Å². The number of aromatic hydroxyl groups is 1. The molecule has 10 heteroatoms. The molecule has 2 unspecified atom stereocenters. The topological polar surface area (TPSA) is 77.0 Å². The number of halogens is 2. The first-order valence-electron chi connectivity index (χ1n) is 19.0. The van der Waals surface area contributed by atoms with Gasteiger partial charge in [0, 0.05) is 66.6 Å². The Morgan fingerprint density at radius 3 is 2.42 bits per heavy atom. The molecule has 1 spiro atoms. The molecule has 3 aromatic carbocycles. The maximum atomic E-state index is 17.6. The lowest BCUT2D eigenvalue weighted by molar-refractivity contribution is -0.0360. The number of benzene rings is 3. The van der Waals surface area contributed by atoms with E-state index in [9.17, 15) is 5.11 Å². The zero-order valence-electron chi connectivity index (χ0n) is 30.4. The van der Waals surface area contributed by atoms with Crippen LogP contribution in [0.15, 0.2) is 30.3 Å². The van der Waals surface area contributed by atoms with Crippen molar-refractivity contribution in [2.45, 2.75) is 70.4 Å². The molecule has 5 aliphatic rings. The van der Waals surface area contributed by atoms with Crippen LogP contribution in [0.25, 0.3) is 32.8 Å². The highest BCUT2D eigenvalue weighted by Crippen LogP contribution is 2.49. The van der Waals surface area contributed by atoms with Gasteiger partial charge in [-0.3, -0.25) is 0 Å². The fourth-order valence-corrected chi connectivity index (χ4v) is 9.80. The number of hydrogen-bond acceptors (Lipinski definition) is 8. The van der Waals surface area contributed by atoms with Gasteiger partial charge in [0.25, 0.3) is 0 Å². The van der Waals surface area contributed by atoms with Crippen LogP contribution < -0.4 is 15.0 Å². The summed E-state index contributed by atoms with van der Waals surface area (Å²) in [6.07, 6.45) is 12.7. The fourth-order valence-electron chi connectivity index (χ4n) is 9.80. The smallest absolute Gasteiger partial charge is 0.319 e. The summed E-state index contributed by atoms with van der Waals surface area (Å²) in [7, 11) is 2.21. The third-order valence-electron chi connectivity index (χ3n) is 12.7. The minimum absolute atomic E-state index is 0.0315. The summed E-state index contributed by atoms with van der Waals surface area (Å²) in [5, 5.41) is 16.1. The van der Waals surface area contributed by atoms with E-state index in [0.717, 1.165) is 58.4 Å². The lowest BCUT2D eigenvalue weighted by atomic mass is 9.72. The van der Waals surface area contributed by atoms with Crippen LogP contribution in [0, 0.1) is 34.8 Å². The van der Waals surface area contributed by atoms with E-state index in [4.69, 9.17) is 21.1 Å². The second-order valence-corrected chi connectivity index (χ2v) is 17.0. The number of anilines is 1. The number of phenolic OH excluding ortho intramolecular Hbond substituents is 1. The number of nitrogens with zero attached hydrogens (tertiary/aromatic N) is 5. The number of terminal acetylenes is 1. The summed E-state index contributed by atoms with van der Waals surface area (Å²) in [4.78, 5) is 17.2. The molecule has 1 aromatic heterocycles. The minimum atomic E-state index is -0.573. The van der Waals surface area contributed by atoms with Crippen molar-refractivity contribution in [3.63, 3.8) is 0 Å². The molecule has 9 rings (SSSR count). The SMILES string of the molecule is C#Cc1c(F)ccc2cc(O)cc(-c3c(C(C)C)cc4c(N5CC6CCC(C5)N6)nc(OCC5(CN6CCC7(CC6)CN(C)C7)CC5)nc4c3F)c12. The second kappa shape index (κ2) is 12.5. The molecule has 52 heavy (non-hydrogen) atoms. The zero-order chi connectivity index (χ0) is 35.9. The summed E-state index contributed by atoms with van der Waals surface area (Å²) in [6, 6.07) is 8.70. The van der Waals surface area contributed by atoms with Gasteiger partial charge in [-0.1, -0.05) is 25.8 Å². The summed E-state index contributed by atoms with van der Waals surface area (Å²) >= 11 is 0. The van der Waals surface area contributed by atoms with Crippen molar-refractivity contribution in [1.82, 2.24) is 25.1 Å². The molecule has 4 aromatic rings. The Kier molecular flexibility index (Phi) is 8.14. The van der Waals surface area contributed by atoms with Gasteiger partial charge in [0.05, 0.1) is 12.2 Å². The van der Waals surface area contributed by atoms with Crippen molar-refractivity contribution in [2.75, 3.05) is 64.4 Å². The van der Waals surface area contributed by atoms with Crippen molar-refractivity contribution in [3.8, 4) is 35.2 Å². The van der Waals surface area contributed by atoms with E-state index in [0.29, 0.717) is 57.2 Å². The van der Waals surface area contributed by atoms with Crippen LogP contribution in [0.1, 0.15) is 69.4 Å². The van der Waals surface area contributed by atoms with Gasteiger partial charge < -0.3 is 29.9 Å². The van der Waals surface area contributed by atoms with Crippen LogP contribution >= 0.6 is 0 Å². The van der Waals surface area contributed by atoms with Crippen molar-refractivity contribution in [1.29, 1.82) is 0 Å². The third kappa shape index (κ3) is 5.86. The highest BCUT2D eigenvalue weighted by molar-refractivity contribution is 6.05. The summed E-state index contributed by atoms with van der Waals surface area (Å²) in [5.41, 5.74) is 2.03. The molecule has 5 fully saturated rings. The largest absolute Gasteiger partial charge is 0.508 e. The molecule has 4 aliphatic heterocycles. The first kappa shape index (κ1) is 33.8. The molecule has 2 atom stereocenters. The van der Waals surface area contributed by atoms with Gasteiger partial charge in [0.2, 0.25) is 0 Å². The van der Waals surface area contributed by atoms with Crippen LogP contribution in [0.2, 0.25) is 0 Å². The maximum absolute atomic E-state index is 17.6. The van der Waals surface area contributed by atoms with E-state index in [1.54, 1.807) is 6.07 Å². The Morgan fingerprint density at radius 2 is 1.77 bits per heavy atom. The molecule has 1 saturated carbocycles. The number of likely N-dealkylation sites (tertiary alicyclic amines) is 2. The number of ether oxygens (including phenoxy) is 1. The Balaban J connectivity index is 1.12. The summed E-state index contributed by atoms with van der Waals surface area (Å²) in [6.45, 7) is 11.7. The highest BCUT2D eigenvalue weighted by atomic mass is 19.1. The number of piperidine rings is 1. The van der Waals surface area contributed by atoms with Crippen molar-refractivity contribution < 1.29 is 18.6 Å². The van der Waals surface area contributed by atoms with Crippen LogP contribution in [0.3, 0.4) is 0 Å². The standard InChI is InChI=1S/C42H48F2N6O2/c1-5-30-34(43)9-6-26-16-29(51)17-32(35(26)30)36-31(25(2)3)18-33-38(37(36)44)46-40(47-39(33)50-19-27-7-8-28(20-50)45-27)52-24-42(10-11-42)23-49-14-12-41(13-15-49)21-48(4)22-41/h1,6,9,16-18,25,27-28,45,51H,7-8,10-15,19-24H2,2-4H3. The quantitative estimate of drug-likeness (QED) is 0.197. The van der Waals surface area contributed by atoms with Crippen LogP contribution in [-0.2, 0) is 0 Å². The van der Waals surface area contributed by atoms with E-state index < -0.39 is 11.6 Å². The monoisotopic (exact) mass is 706 g/mol. The van der Waals surface area contributed by atoms with E-state index in [1.165, 1.54) is 44.1 Å². The molecule has 2 N–H and O–H groups in total. The van der Waals surface area contributed by atoms with E-state index in [-0.39, 0.29) is 39.7 Å². The van der Waals surface area contributed by atoms with E-state index in [1.807, 2.05) is 19.9 Å². The second-order valence-electron chi connectivity index (χ2n) is 17.0. The number of aromatic nitrogens is 2. The fraction of sp³-hybridized carbons (Fsp3) is 0.524. The Labute approximate surface area is 304 Å². The van der Waals surface area contributed by atoms with Crippen LogP contribution in [-0.4, -0.2) is 96.4 Å². The highest BCUT2D eigenvalue weighted by Gasteiger charge is 2.48. The maximum Gasteiger partial charge on any atom is 0.319 e. The lowest BCUT2D eigenvalue weighted by Crippen LogP contribution is -2.59. The number of hydrogen-bond donors (Lipinski definition) is 2. The van der Waals surface area contributed by atoms with Crippen molar-refractivity contribution >= 4 is 27.5 Å². The third-order valence-corrected chi connectivity index (χ3v) is 12.7. The molecule has 2 bridgehead atoms. The zero-order valence-corrected chi connectivity index (χ0v) is 30.4. The first-order chi connectivity index (χ1) is 25.0. The van der Waals surface area contributed by atoms with Gasteiger partial charge in [-0.05, 0) is 111 Å². The lowest BCUT2D eigenvalue weighted by Gasteiger charge is -2.53. The molecule has 4 saturated heterocycles. The van der Waals surface area contributed by atoms with Gasteiger partial charge in [-0.25, -0.2) is 8.78 Å². The van der Waals surface area contributed by atoms with Crippen LogP contribution in [0.5, 0.6) is 11.8 Å². The molecular formula is C42H48F2N6O2. The average molecular weight is 707 g/mol. The summed E-state index contributed by atoms with van der Waals surface area (Å²) < 4.78 is 39.2. The number of nitrogens with one attached hydrogen (secondary N) is 1. The molecule has 0 radical (unpaired) electrons. The van der Waals surface area contributed by atoms with Gasteiger partial charge >= 0.3 is 6.01 Å². The number of phenols is 1. The predicted molar refractivity (Wildman–Crippen MR) is 201 cm³/mol. The van der Waals surface area contributed by atoms with Gasteiger partial charge in [0.15, 0.2) is 5.82 Å². The number of fused-ring (bicyclic) bond motifs is 4. The van der Waals surface area contributed by atoms with Crippen molar-refractivity contribution in [3.05, 3.63) is 53.1 Å². The van der Waals surface area contributed by atoms with Gasteiger partial charge in [-0.2, -0.15) is 9.97 Å². The molecule has 1 aliphatic carbocycles. The number of rotatable bonds is 8. The number of piperazine rings is 1. The van der Waals surface area contributed by atoms with E-state index >= 15 is 8.78 Å². The Bertz CT molecular complexity index is 2100. The molecule has 0 amide bonds.